The van der Waals surface area contributed by atoms with Crippen molar-refractivity contribution >= 4 is 11.9 Å². The highest BCUT2D eigenvalue weighted by molar-refractivity contribution is 5.86. The van der Waals surface area contributed by atoms with Crippen molar-refractivity contribution in [3.8, 4) is 0 Å². The van der Waals surface area contributed by atoms with Crippen LogP contribution in [0.1, 0.15) is 19.8 Å². The second kappa shape index (κ2) is 6.56. The summed E-state index contributed by atoms with van der Waals surface area (Å²) in [6.45, 7) is 3.71. The van der Waals surface area contributed by atoms with E-state index in [-0.39, 0.29) is 18.4 Å². The SMILES string of the molecule is COCCN1CCC(C)NC(=O)C1CC(=O)O. The summed E-state index contributed by atoms with van der Waals surface area (Å²) in [5.41, 5.74) is 0. The summed E-state index contributed by atoms with van der Waals surface area (Å²) in [4.78, 5) is 24.6. The third-order valence-corrected chi connectivity index (χ3v) is 2.93. The van der Waals surface area contributed by atoms with Crippen LogP contribution in [0.3, 0.4) is 0 Å². The standard InChI is InChI=1S/C11H20N2O4/c1-8-3-4-13(5-6-17-2)9(7-10(14)15)11(16)12-8/h8-9H,3-7H2,1-2H3,(H,12,16)(H,14,15). The van der Waals surface area contributed by atoms with E-state index in [1.54, 1.807) is 7.11 Å². The molecule has 0 aliphatic carbocycles. The molecule has 0 saturated carbocycles. The number of carbonyl (C=O) groups excluding carboxylic acids is 1. The van der Waals surface area contributed by atoms with Crippen LogP contribution >= 0.6 is 0 Å². The summed E-state index contributed by atoms with van der Waals surface area (Å²) in [7, 11) is 1.59. The Morgan fingerprint density at radius 1 is 1.65 bits per heavy atom. The number of carbonyl (C=O) groups is 2. The number of amides is 1. The van der Waals surface area contributed by atoms with Gasteiger partial charge in [0.2, 0.25) is 5.91 Å². The molecule has 0 aromatic rings. The third-order valence-electron chi connectivity index (χ3n) is 2.93. The van der Waals surface area contributed by atoms with Crippen LogP contribution in [0.4, 0.5) is 0 Å². The normalized spacial score (nSPS) is 26.4. The zero-order valence-corrected chi connectivity index (χ0v) is 10.3. The molecule has 0 bridgehead atoms. The number of aliphatic carboxylic acids is 1. The second-order valence-electron chi connectivity index (χ2n) is 4.34. The Labute approximate surface area is 101 Å². The molecular weight excluding hydrogens is 224 g/mol. The Balaban J connectivity index is 2.72. The molecule has 1 saturated heterocycles. The first-order chi connectivity index (χ1) is 8.04. The first-order valence-corrected chi connectivity index (χ1v) is 5.79. The molecule has 1 aliphatic rings. The van der Waals surface area contributed by atoms with Gasteiger partial charge in [0.1, 0.15) is 0 Å². The van der Waals surface area contributed by atoms with Gasteiger partial charge in [-0.2, -0.15) is 0 Å². The van der Waals surface area contributed by atoms with Crippen molar-refractivity contribution in [3.05, 3.63) is 0 Å². The summed E-state index contributed by atoms with van der Waals surface area (Å²) in [5, 5.41) is 11.7. The van der Waals surface area contributed by atoms with Crippen LogP contribution in [0.5, 0.6) is 0 Å². The minimum Gasteiger partial charge on any atom is -0.481 e. The number of nitrogens with one attached hydrogen (secondary N) is 1. The summed E-state index contributed by atoms with van der Waals surface area (Å²) < 4.78 is 4.98. The van der Waals surface area contributed by atoms with Gasteiger partial charge in [0.25, 0.3) is 0 Å². The van der Waals surface area contributed by atoms with Crippen LogP contribution in [-0.2, 0) is 14.3 Å². The number of carboxylic acid groups (broad SMARTS) is 1. The van der Waals surface area contributed by atoms with E-state index >= 15 is 0 Å². The molecule has 1 aliphatic heterocycles. The van der Waals surface area contributed by atoms with Crippen LogP contribution in [0.15, 0.2) is 0 Å². The van der Waals surface area contributed by atoms with Gasteiger partial charge in [-0.15, -0.1) is 0 Å². The maximum atomic E-state index is 11.9. The van der Waals surface area contributed by atoms with Crippen LogP contribution in [0.2, 0.25) is 0 Å². The molecule has 17 heavy (non-hydrogen) atoms. The van der Waals surface area contributed by atoms with Crippen molar-refractivity contribution in [1.82, 2.24) is 10.2 Å². The zero-order valence-electron chi connectivity index (χ0n) is 10.3. The lowest BCUT2D eigenvalue weighted by atomic mass is 10.1. The Kier molecular flexibility index (Phi) is 5.37. The Hall–Kier alpha value is -1.14. The minimum absolute atomic E-state index is 0.0892. The van der Waals surface area contributed by atoms with E-state index in [0.717, 1.165) is 6.42 Å². The number of rotatable bonds is 5. The van der Waals surface area contributed by atoms with Gasteiger partial charge in [0.05, 0.1) is 19.1 Å². The average Bonchev–Trinajstić information content (AvgIpc) is 2.37. The van der Waals surface area contributed by atoms with Crippen molar-refractivity contribution in [2.45, 2.75) is 31.8 Å². The maximum absolute atomic E-state index is 11.9. The van der Waals surface area contributed by atoms with Gasteiger partial charge in [-0.3, -0.25) is 14.5 Å². The molecule has 2 unspecified atom stereocenters. The second-order valence-corrected chi connectivity index (χ2v) is 4.34. The fourth-order valence-electron chi connectivity index (χ4n) is 1.96. The molecule has 1 amide bonds. The van der Waals surface area contributed by atoms with E-state index in [2.05, 4.69) is 5.32 Å². The van der Waals surface area contributed by atoms with Gasteiger partial charge in [0.15, 0.2) is 0 Å². The maximum Gasteiger partial charge on any atom is 0.305 e. The molecule has 2 N–H and O–H groups in total. The van der Waals surface area contributed by atoms with Crippen molar-refractivity contribution in [2.24, 2.45) is 0 Å². The molecular formula is C11H20N2O4. The van der Waals surface area contributed by atoms with Crippen LogP contribution in [0.25, 0.3) is 0 Å². The highest BCUT2D eigenvalue weighted by Crippen LogP contribution is 2.12. The average molecular weight is 244 g/mol. The fraction of sp³-hybridized carbons (Fsp3) is 0.818. The molecule has 0 aromatic carbocycles. The summed E-state index contributed by atoms with van der Waals surface area (Å²) in [6, 6.07) is -0.501. The number of methoxy groups -OCH3 is 1. The zero-order chi connectivity index (χ0) is 12.8. The van der Waals surface area contributed by atoms with Gasteiger partial charge in [-0.1, -0.05) is 0 Å². The summed E-state index contributed by atoms with van der Waals surface area (Å²) >= 11 is 0. The molecule has 0 spiro atoms. The van der Waals surface area contributed by atoms with Crippen molar-refractivity contribution in [1.29, 1.82) is 0 Å². The van der Waals surface area contributed by atoms with E-state index in [9.17, 15) is 9.59 Å². The van der Waals surface area contributed by atoms with Crippen LogP contribution in [-0.4, -0.2) is 60.8 Å². The van der Waals surface area contributed by atoms with Crippen molar-refractivity contribution in [3.63, 3.8) is 0 Å². The van der Waals surface area contributed by atoms with Gasteiger partial charge >= 0.3 is 5.97 Å². The fourth-order valence-corrected chi connectivity index (χ4v) is 1.96. The number of hydrogen-bond donors (Lipinski definition) is 2. The first kappa shape index (κ1) is 13.9. The lowest BCUT2D eigenvalue weighted by Gasteiger charge is -2.26. The molecule has 6 heteroatoms. The molecule has 1 heterocycles. The van der Waals surface area contributed by atoms with E-state index in [1.165, 1.54) is 0 Å². The Morgan fingerprint density at radius 2 is 2.35 bits per heavy atom. The molecule has 98 valence electrons. The highest BCUT2D eigenvalue weighted by Gasteiger charge is 2.31. The molecule has 1 fully saturated rings. The van der Waals surface area contributed by atoms with Gasteiger partial charge in [-0.05, 0) is 13.3 Å². The Bertz CT molecular complexity index is 283. The molecule has 2 atom stereocenters. The quantitative estimate of drug-likeness (QED) is 0.693. The van der Waals surface area contributed by atoms with E-state index in [4.69, 9.17) is 9.84 Å². The summed E-state index contributed by atoms with van der Waals surface area (Å²) in [5.74, 6) is -1.16. The lowest BCUT2D eigenvalue weighted by molar-refractivity contribution is -0.141. The predicted molar refractivity (Wildman–Crippen MR) is 61.7 cm³/mol. The summed E-state index contributed by atoms with van der Waals surface area (Å²) in [6.07, 6.45) is 0.661. The first-order valence-electron chi connectivity index (χ1n) is 5.79. The third kappa shape index (κ3) is 4.32. The molecule has 0 radical (unpaired) electrons. The molecule has 6 nitrogen and oxygen atoms in total. The smallest absolute Gasteiger partial charge is 0.305 e. The van der Waals surface area contributed by atoms with Gasteiger partial charge in [0, 0.05) is 26.2 Å². The van der Waals surface area contributed by atoms with Gasteiger partial charge < -0.3 is 15.2 Å². The number of ether oxygens (including phenoxy) is 1. The minimum atomic E-state index is -0.956. The predicted octanol–water partition coefficient (Wildman–Crippen LogP) is -0.313. The van der Waals surface area contributed by atoms with Crippen LogP contribution < -0.4 is 5.32 Å². The van der Waals surface area contributed by atoms with E-state index in [0.29, 0.717) is 19.7 Å². The van der Waals surface area contributed by atoms with Crippen LogP contribution in [0, 0.1) is 0 Å². The van der Waals surface area contributed by atoms with Crippen molar-refractivity contribution < 1.29 is 19.4 Å². The lowest BCUT2D eigenvalue weighted by Crippen LogP contribution is -2.47. The number of hydrogen-bond acceptors (Lipinski definition) is 4. The monoisotopic (exact) mass is 244 g/mol. The highest BCUT2D eigenvalue weighted by atomic mass is 16.5. The number of nitrogens with zero attached hydrogens (tertiary/aromatic N) is 1. The van der Waals surface area contributed by atoms with Gasteiger partial charge in [-0.25, -0.2) is 0 Å². The molecule has 1 rings (SSSR count). The van der Waals surface area contributed by atoms with E-state index < -0.39 is 12.0 Å². The Morgan fingerprint density at radius 3 is 2.94 bits per heavy atom. The number of carboxylic acids is 1. The van der Waals surface area contributed by atoms with Crippen molar-refractivity contribution in [2.75, 3.05) is 26.8 Å². The van der Waals surface area contributed by atoms with E-state index in [1.807, 2.05) is 11.8 Å². The largest absolute Gasteiger partial charge is 0.481 e. The molecule has 0 aromatic heterocycles. The topological polar surface area (TPSA) is 78.9 Å².